The zero-order valence-electron chi connectivity index (χ0n) is 20.7. The summed E-state index contributed by atoms with van der Waals surface area (Å²) in [5.74, 6) is -1.23. The quantitative estimate of drug-likeness (QED) is 0.329. The summed E-state index contributed by atoms with van der Waals surface area (Å²) in [6.07, 6.45) is -4.16. The van der Waals surface area contributed by atoms with Crippen LogP contribution in [0.4, 0.5) is 29.3 Å². The molecule has 3 aromatic carbocycles. The molecule has 0 saturated heterocycles. The third-order valence-corrected chi connectivity index (χ3v) is 6.22. The van der Waals surface area contributed by atoms with Crippen molar-refractivity contribution in [1.82, 2.24) is 4.90 Å². The van der Waals surface area contributed by atoms with Crippen molar-refractivity contribution in [3.63, 3.8) is 0 Å². The van der Waals surface area contributed by atoms with Gasteiger partial charge in [-0.25, -0.2) is 9.59 Å². The van der Waals surface area contributed by atoms with Crippen LogP contribution in [0.1, 0.15) is 41.8 Å². The maximum Gasteiger partial charge on any atom is 0.416 e. The molecular weight excluding hydrogens is 499 g/mol. The van der Waals surface area contributed by atoms with Crippen molar-refractivity contribution in [2.24, 2.45) is 5.92 Å². The van der Waals surface area contributed by atoms with Crippen molar-refractivity contribution in [2.75, 3.05) is 10.6 Å². The predicted molar refractivity (Wildman–Crippen MR) is 137 cm³/mol. The number of anilines is 2. The molecule has 3 N–H and O–H groups in total. The number of hydrogen-bond acceptors (Lipinski definition) is 3. The monoisotopic (exact) mass is 525 g/mol. The number of urea groups is 1. The highest BCUT2D eigenvalue weighted by Crippen LogP contribution is 2.32. The number of alkyl halides is 3. The number of rotatable bonds is 7. The molecule has 4 rings (SSSR count). The number of carboxylic acids is 1. The number of nitrogens with zero attached hydrogens (tertiary/aromatic N) is 1. The molecule has 1 aliphatic rings. The van der Waals surface area contributed by atoms with E-state index < -0.39 is 29.8 Å². The molecule has 0 aromatic heterocycles. The number of benzene rings is 3. The molecule has 0 unspecified atom stereocenters. The van der Waals surface area contributed by atoms with Crippen LogP contribution < -0.4 is 10.6 Å². The van der Waals surface area contributed by atoms with Gasteiger partial charge in [0.25, 0.3) is 5.91 Å². The topological polar surface area (TPSA) is 98.7 Å². The highest BCUT2D eigenvalue weighted by atomic mass is 19.4. The Morgan fingerprint density at radius 1 is 0.947 bits per heavy atom. The van der Waals surface area contributed by atoms with E-state index in [1.807, 2.05) is 26.0 Å². The maximum absolute atomic E-state index is 13.1. The van der Waals surface area contributed by atoms with E-state index in [0.717, 1.165) is 28.8 Å². The lowest BCUT2D eigenvalue weighted by molar-refractivity contribution is -0.143. The standard InChI is InChI=1S/C28H26F3N3O4/c1-16(2)12-24(26(36)37)34-15-19-7-6-18(13-23(19)25(34)35)17-8-10-21(11-9-17)32-27(38)33-22-5-3-4-20(14-22)28(29,30)31/h3-11,13-14,16,24H,12,15H2,1-2H3,(H,36,37)(H2,32,33,38)/t24-/m0/s1. The van der Waals surface area contributed by atoms with Crippen molar-refractivity contribution >= 4 is 29.3 Å². The molecule has 3 aromatic rings. The SMILES string of the molecule is CC(C)C[C@@H](C(=O)O)N1Cc2ccc(-c3ccc(NC(=O)Nc4cccc(C(F)(F)F)c4)cc3)cc2C1=O. The van der Waals surface area contributed by atoms with Gasteiger partial charge in [0.05, 0.1) is 5.56 Å². The van der Waals surface area contributed by atoms with Crippen molar-refractivity contribution in [3.8, 4) is 11.1 Å². The predicted octanol–water partition coefficient (Wildman–Crippen LogP) is 6.47. The summed E-state index contributed by atoms with van der Waals surface area (Å²) in [6, 6.07) is 14.8. The lowest BCUT2D eigenvalue weighted by Gasteiger charge is -2.25. The molecule has 0 fully saturated rings. The molecule has 198 valence electrons. The largest absolute Gasteiger partial charge is 0.480 e. The Morgan fingerprint density at radius 2 is 1.61 bits per heavy atom. The Balaban J connectivity index is 1.44. The van der Waals surface area contributed by atoms with E-state index in [-0.39, 0.29) is 24.1 Å². The minimum Gasteiger partial charge on any atom is -0.480 e. The molecule has 0 bridgehead atoms. The van der Waals surface area contributed by atoms with Crippen LogP contribution in [-0.4, -0.2) is 34.0 Å². The summed E-state index contributed by atoms with van der Waals surface area (Å²) >= 11 is 0. The number of carbonyl (C=O) groups excluding carboxylic acids is 2. The van der Waals surface area contributed by atoms with Crippen molar-refractivity contribution in [2.45, 2.75) is 39.0 Å². The average molecular weight is 526 g/mol. The number of amides is 3. The summed E-state index contributed by atoms with van der Waals surface area (Å²) in [5, 5.41) is 14.6. The number of nitrogens with one attached hydrogen (secondary N) is 2. The van der Waals surface area contributed by atoms with Crippen LogP contribution in [0.25, 0.3) is 11.1 Å². The van der Waals surface area contributed by atoms with Gasteiger partial charge < -0.3 is 20.6 Å². The Bertz CT molecular complexity index is 1370. The number of halogens is 3. The minimum absolute atomic E-state index is 0.00401. The fourth-order valence-corrected chi connectivity index (χ4v) is 4.38. The van der Waals surface area contributed by atoms with Crippen LogP contribution in [0, 0.1) is 5.92 Å². The highest BCUT2D eigenvalue weighted by Gasteiger charge is 2.36. The summed E-state index contributed by atoms with van der Waals surface area (Å²) in [7, 11) is 0. The number of fused-ring (bicyclic) bond motifs is 1. The number of aliphatic carboxylic acids is 1. The second-order valence-corrected chi connectivity index (χ2v) is 9.52. The Labute approximate surface area is 217 Å². The molecule has 3 amide bonds. The van der Waals surface area contributed by atoms with E-state index in [0.29, 0.717) is 17.7 Å². The van der Waals surface area contributed by atoms with Crippen LogP contribution in [-0.2, 0) is 17.5 Å². The second kappa shape index (κ2) is 10.6. The van der Waals surface area contributed by atoms with Crippen molar-refractivity contribution in [1.29, 1.82) is 0 Å². The molecule has 1 heterocycles. The normalized spacial score (nSPS) is 13.8. The Morgan fingerprint density at radius 3 is 2.24 bits per heavy atom. The molecule has 0 aliphatic carbocycles. The van der Waals surface area contributed by atoms with E-state index in [1.54, 1.807) is 30.3 Å². The maximum atomic E-state index is 13.1. The van der Waals surface area contributed by atoms with Crippen LogP contribution in [0.15, 0.2) is 66.7 Å². The molecule has 0 radical (unpaired) electrons. The fourth-order valence-electron chi connectivity index (χ4n) is 4.38. The number of carbonyl (C=O) groups is 3. The van der Waals surface area contributed by atoms with Gasteiger partial charge in [0.15, 0.2) is 0 Å². The van der Waals surface area contributed by atoms with Crippen LogP contribution in [0.3, 0.4) is 0 Å². The van der Waals surface area contributed by atoms with Crippen LogP contribution in [0.5, 0.6) is 0 Å². The van der Waals surface area contributed by atoms with E-state index in [4.69, 9.17) is 0 Å². The summed E-state index contributed by atoms with van der Waals surface area (Å²) in [4.78, 5) is 38.5. The molecule has 1 atom stereocenters. The molecule has 0 spiro atoms. The first kappa shape index (κ1) is 26.7. The van der Waals surface area contributed by atoms with Gasteiger partial charge in [-0.1, -0.05) is 44.2 Å². The van der Waals surface area contributed by atoms with Crippen LogP contribution >= 0.6 is 0 Å². The van der Waals surface area contributed by atoms with Gasteiger partial charge >= 0.3 is 18.2 Å². The van der Waals surface area contributed by atoms with Gasteiger partial charge in [-0.3, -0.25) is 4.79 Å². The van der Waals surface area contributed by atoms with Crippen molar-refractivity contribution in [3.05, 3.63) is 83.4 Å². The van der Waals surface area contributed by atoms with Gasteiger partial charge in [-0.2, -0.15) is 13.2 Å². The van der Waals surface area contributed by atoms with Gasteiger partial charge in [0.2, 0.25) is 0 Å². The molecule has 1 aliphatic heterocycles. The van der Waals surface area contributed by atoms with E-state index >= 15 is 0 Å². The fraction of sp³-hybridized carbons (Fsp3) is 0.250. The molecule has 7 nitrogen and oxygen atoms in total. The van der Waals surface area contributed by atoms with Gasteiger partial charge in [-0.15, -0.1) is 0 Å². The van der Waals surface area contributed by atoms with Gasteiger partial charge in [0, 0.05) is 23.5 Å². The Kier molecular flexibility index (Phi) is 7.43. The lowest BCUT2D eigenvalue weighted by Crippen LogP contribution is -2.42. The summed E-state index contributed by atoms with van der Waals surface area (Å²) in [6.45, 7) is 4.06. The zero-order chi connectivity index (χ0) is 27.6. The lowest BCUT2D eigenvalue weighted by atomic mass is 10.00. The first-order chi connectivity index (χ1) is 17.9. The zero-order valence-corrected chi connectivity index (χ0v) is 20.7. The van der Waals surface area contributed by atoms with Crippen molar-refractivity contribution < 1.29 is 32.7 Å². The minimum atomic E-state index is -4.52. The first-order valence-corrected chi connectivity index (χ1v) is 11.9. The Hall–Kier alpha value is -4.34. The highest BCUT2D eigenvalue weighted by molar-refractivity contribution is 6.02. The third-order valence-electron chi connectivity index (χ3n) is 6.22. The molecule has 10 heteroatoms. The number of hydrogen-bond donors (Lipinski definition) is 3. The number of carboxylic acid groups (broad SMARTS) is 1. The smallest absolute Gasteiger partial charge is 0.416 e. The van der Waals surface area contributed by atoms with Crippen LogP contribution in [0.2, 0.25) is 0 Å². The van der Waals surface area contributed by atoms with E-state index in [1.165, 1.54) is 17.0 Å². The summed E-state index contributed by atoms with van der Waals surface area (Å²) < 4.78 is 38.7. The van der Waals surface area contributed by atoms with Gasteiger partial charge in [0.1, 0.15) is 6.04 Å². The van der Waals surface area contributed by atoms with Gasteiger partial charge in [-0.05, 0) is 65.4 Å². The summed E-state index contributed by atoms with van der Waals surface area (Å²) in [5.41, 5.74) is 2.28. The third kappa shape index (κ3) is 5.96. The van der Waals surface area contributed by atoms with E-state index in [9.17, 15) is 32.7 Å². The molecule has 0 saturated carbocycles. The molecule has 38 heavy (non-hydrogen) atoms. The second-order valence-electron chi connectivity index (χ2n) is 9.52. The first-order valence-electron chi connectivity index (χ1n) is 11.9. The van der Waals surface area contributed by atoms with E-state index in [2.05, 4.69) is 10.6 Å². The molecular formula is C28H26F3N3O4. The average Bonchev–Trinajstić information content (AvgIpc) is 3.17.